The Labute approximate surface area is 187 Å². The molecule has 0 fully saturated rings. The Kier molecular flexibility index (Phi) is 7.04. The Morgan fingerprint density at radius 2 is 1.94 bits per heavy atom. The highest BCUT2D eigenvalue weighted by Gasteiger charge is 2.32. The standard InChI is InChI=1S/C24H30N4O4/c1-32-15-12-25-10-11-26-17-8-9-18-22-21(17)24(31)20-16(6-5-7-19(20)30)23(22)27-28(18)13-3-2-4-14-29/h5-9,25-26,29-30H,2-4,10-15H2,1H3. The first-order valence-corrected chi connectivity index (χ1v) is 11.1. The summed E-state index contributed by atoms with van der Waals surface area (Å²) >= 11 is 0. The Morgan fingerprint density at radius 1 is 1.06 bits per heavy atom. The molecule has 170 valence electrons. The second-order valence-electron chi connectivity index (χ2n) is 7.94. The molecule has 0 saturated carbocycles. The number of phenols is 1. The summed E-state index contributed by atoms with van der Waals surface area (Å²) in [5.41, 5.74) is 3.91. The third-order valence-electron chi connectivity index (χ3n) is 5.80. The number of phenolic OH excluding ortho intramolecular Hbond substituents is 1. The van der Waals surface area contributed by atoms with Crippen molar-refractivity contribution in [3.63, 3.8) is 0 Å². The van der Waals surface area contributed by atoms with Crippen molar-refractivity contribution in [2.45, 2.75) is 25.8 Å². The minimum atomic E-state index is -0.189. The number of hydrogen-bond acceptors (Lipinski definition) is 7. The number of anilines is 1. The number of hydrogen-bond donors (Lipinski definition) is 4. The van der Waals surface area contributed by atoms with Gasteiger partial charge in [-0.1, -0.05) is 12.1 Å². The summed E-state index contributed by atoms with van der Waals surface area (Å²) in [5, 5.41) is 31.9. The zero-order chi connectivity index (χ0) is 22.5. The summed E-state index contributed by atoms with van der Waals surface area (Å²) in [6, 6.07) is 9.05. The van der Waals surface area contributed by atoms with Gasteiger partial charge in [0.05, 0.1) is 23.3 Å². The van der Waals surface area contributed by atoms with E-state index in [1.165, 1.54) is 0 Å². The fourth-order valence-electron chi connectivity index (χ4n) is 4.25. The van der Waals surface area contributed by atoms with E-state index in [-0.39, 0.29) is 18.1 Å². The lowest BCUT2D eigenvalue weighted by molar-refractivity contribution is 0.103. The average molecular weight is 439 g/mol. The van der Waals surface area contributed by atoms with Crippen molar-refractivity contribution >= 4 is 22.4 Å². The van der Waals surface area contributed by atoms with Crippen molar-refractivity contribution in [1.82, 2.24) is 15.1 Å². The Hall–Kier alpha value is -2.94. The van der Waals surface area contributed by atoms with Crippen molar-refractivity contribution in [1.29, 1.82) is 0 Å². The van der Waals surface area contributed by atoms with E-state index in [0.717, 1.165) is 54.6 Å². The molecule has 3 aromatic rings. The third kappa shape index (κ3) is 4.21. The summed E-state index contributed by atoms with van der Waals surface area (Å²) in [6.07, 6.45) is 2.56. The number of nitrogens with zero attached hydrogens (tertiary/aromatic N) is 2. The van der Waals surface area contributed by atoms with Crippen molar-refractivity contribution in [2.75, 3.05) is 45.3 Å². The molecule has 4 N–H and O–H groups in total. The number of benzene rings is 2. The van der Waals surface area contributed by atoms with Gasteiger partial charge in [0.25, 0.3) is 0 Å². The zero-order valence-electron chi connectivity index (χ0n) is 18.4. The van der Waals surface area contributed by atoms with Crippen LogP contribution in [0.3, 0.4) is 0 Å². The molecule has 32 heavy (non-hydrogen) atoms. The highest BCUT2D eigenvalue weighted by Crippen LogP contribution is 2.44. The molecule has 8 heteroatoms. The van der Waals surface area contributed by atoms with Gasteiger partial charge in [0.15, 0.2) is 5.78 Å². The maximum absolute atomic E-state index is 13.5. The summed E-state index contributed by atoms with van der Waals surface area (Å²) in [7, 11) is 1.67. The predicted molar refractivity (Wildman–Crippen MR) is 124 cm³/mol. The number of ketones is 1. The number of methoxy groups -OCH3 is 1. The maximum atomic E-state index is 13.5. The lowest BCUT2D eigenvalue weighted by Gasteiger charge is -2.19. The van der Waals surface area contributed by atoms with Crippen molar-refractivity contribution < 1.29 is 19.7 Å². The van der Waals surface area contributed by atoms with Crippen LogP contribution in [0.15, 0.2) is 30.3 Å². The van der Waals surface area contributed by atoms with Crippen LogP contribution in [0, 0.1) is 0 Å². The maximum Gasteiger partial charge on any atom is 0.200 e. The minimum Gasteiger partial charge on any atom is -0.507 e. The second kappa shape index (κ2) is 10.1. The molecule has 8 nitrogen and oxygen atoms in total. The van der Waals surface area contributed by atoms with E-state index >= 15 is 0 Å². The number of aliphatic hydroxyl groups is 1. The van der Waals surface area contributed by atoms with E-state index in [2.05, 4.69) is 10.6 Å². The van der Waals surface area contributed by atoms with Gasteiger partial charge in [-0.25, -0.2) is 0 Å². The largest absolute Gasteiger partial charge is 0.507 e. The molecule has 0 spiro atoms. The molecule has 4 rings (SSSR count). The lowest BCUT2D eigenvalue weighted by Crippen LogP contribution is -2.26. The highest BCUT2D eigenvalue weighted by atomic mass is 16.5. The number of nitrogens with one attached hydrogen (secondary N) is 2. The van der Waals surface area contributed by atoms with Gasteiger partial charge in [0.2, 0.25) is 0 Å². The fraction of sp³-hybridized carbons (Fsp3) is 0.417. The molecule has 1 aromatic heterocycles. The molecule has 1 heterocycles. The molecule has 0 atom stereocenters. The van der Waals surface area contributed by atoms with Crippen LogP contribution in [0.5, 0.6) is 5.75 Å². The number of ether oxygens (including phenoxy) is 1. The number of carbonyl (C=O) groups excluding carboxylic acids is 1. The monoisotopic (exact) mass is 438 g/mol. The first-order valence-electron chi connectivity index (χ1n) is 11.1. The number of aliphatic hydroxyl groups excluding tert-OH is 1. The third-order valence-corrected chi connectivity index (χ3v) is 5.80. The van der Waals surface area contributed by atoms with Crippen LogP contribution in [-0.4, -0.2) is 65.7 Å². The summed E-state index contributed by atoms with van der Waals surface area (Å²) in [6.45, 7) is 3.67. The quantitative estimate of drug-likeness (QED) is 0.252. The Bertz CT molecular complexity index is 1110. The molecular weight excluding hydrogens is 408 g/mol. The predicted octanol–water partition coefficient (Wildman–Crippen LogP) is 2.76. The molecule has 1 aliphatic carbocycles. The molecule has 2 aromatic carbocycles. The molecule has 0 unspecified atom stereocenters. The molecule has 0 saturated heterocycles. The van der Waals surface area contributed by atoms with E-state index in [4.69, 9.17) is 14.9 Å². The van der Waals surface area contributed by atoms with Crippen LogP contribution in [-0.2, 0) is 11.3 Å². The van der Waals surface area contributed by atoms with E-state index in [1.54, 1.807) is 19.2 Å². The number of aromatic hydroxyl groups is 1. The minimum absolute atomic E-state index is 0.0279. The molecule has 0 bridgehead atoms. The molecular formula is C24H30N4O4. The van der Waals surface area contributed by atoms with Gasteiger partial charge in [0.1, 0.15) is 11.4 Å². The number of carbonyl (C=O) groups is 1. The summed E-state index contributed by atoms with van der Waals surface area (Å²) in [4.78, 5) is 13.5. The Morgan fingerprint density at radius 3 is 2.75 bits per heavy atom. The SMILES string of the molecule is COCCNCCNc1ccc2c3c(nn2CCCCCO)-c2cccc(O)c2C(=O)c13. The first kappa shape index (κ1) is 22.3. The van der Waals surface area contributed by atoms with Crippen LogP contribution >= 0.6 is 0 Å². The summed E-state index contributed by atoms with van der Waals surface area (Å²) < 4.78 is 6.98. The van der Waals surface area contributed by atoms with Crippen LogP contribution in [0.25, 0.3) is 22.2 Å². The molecule has 0 aliphatic heterocycles. The van der Waals surface area contributed by atoms with Crippen LogP contribution < -0.4 is 10.6 Å². The van der Waals surface area contributed by atoms with Crippen LogP contribution in [0.4, 0.5) is 5.69 Å². The fourth-order valence-corrected chi connectivity index (χ4v) is 4.25. The topological polar surface area (TPSA) is 109 Å². The first-order chi connectivity index (χ1) is 15.7. The van der Waals surface area contributed by atoms with Crippen molar-refractivity contribution in [3.05, 3.63) is 41.5 Å². The summed E-state index contributed by atoms with van der Waals surface area (Å²) in [5.74, 6) is -0.217. The smallest absolute Gasteiger partial charge is 0.200 e. The van der Waals surface area contributed by atoms with Gasteiger partial charge >= 0.3 is 0 Å². The zero-order valence-corrected chi connectivity index (χ0v) is 18.4. The number of aryl methyl sites for hydroxylation is 1. The lowest BCUT2D eigenvalue weighted by atomic mass is 9.86. The normalized spacial score (nSPS) is 12.4. The van der Waals surface area contributed by atoms with Crippen LogP contribution in [0.2, 0.25) is 0 Å². The highest BCUT2D eigenvalue weighted by molar-refractivity contribution is 6.28. The van der Waals surface area contributed by atoms with E-state index < -0.39 is 0 Å². The molecule has 1 aliphatic rings. The number of aromatic nitrogens is 2. The van der Waals surface area contributed by atoms with E-state index in [9.17, 15) is 9.90 Å². The van der Waals surface area contributed by atoms with Gasteiger partial charge in [-0.2, -0.15) is 5.10 Å². The second-order valence-corrected chi connectivity index (χ2v) is 7.94. The molecule has 0 amide bonds. The van der Waals surface area contributed by atoms with Gasteiger partial charge in [0, 0.05) is 56.5 Å². The van der Waals surface area contributed by atoms with Gasteiger partial charge < -0.3 is 25.6 Å². The van der Waals surface area contributed by atoms with E-state index in [0.29, 0.717) is 36.4 Å². The average Bonchev–Trinajstić information content (AvgIpc) is 3.16. The molecule has 0 radical (unpaired) electrons. The van der Waals surface area contributed by atoms with E-state index in [1.807, 2.05) is 22.9 Å². The van der Waals surface area contributed by atoms with Gasteiger partial charge in [-0.15, -0.1) is 0 Å². The van der Waals surface area contributed by atoms with Gasteiger partial charge in [-0.05, 0) is 37.5 Å². The number of rotatable bonds is 12. The van der Waals surface area contributed by atoms with Crippen molar-refractivity contribution in [3.8, 4) is 17.0 Å². The number of fused-ring (bicyclic) bond motifs is 2. The van der Waals surface area contributed by atoms with Gasteiger partial charge in [-0.3, -0.25) is 9.48 Å². The van der Waals surface area contributed by atoms with Crippen molar-refractivity contribution in [2.24, 2.45) is 0 Å². The Balaban J connectivity index is 1.70. The van der Waals surface area contributed by atoms with Crippen LogP contribution in [0.1, 0.15) is 35.2 Å². The number of unbranched alkanes of at least 4 members (excludes halogenated alkanes) is 2.